The van der Waals surface area contributed by atoms with E-state index in [2.05, 4.69) is 0 Å². The molecule has 3 nitrogen and oxygen atoms in total. The smallest absolute Gasteiger partial charge is 0.165 e. The molecule has 0 radical (unpaired) electrons. The molecule has 1 aliphatic rings. The Kier molecular flexibility index (Phi) is 2.40. The van der Waals surface area contributed by atoms with E-state index in [1.54, 1.807) is 12.1 Å². The van der Waals surface area contributed by atoms with Gasteiger partial charge in [0.1, 0.15) is 0 Å². The van der Waals surface area contributed by atoms with E-state index in [9.17, 15) is 14.6 Å². The number of rotatable bonds is 2. The summed E-state index contributed by atoms with van der Waals surface area (Å²) in [4.78, 5) is 0. The molecule has 4 N–H and O–H groups in total. The van der Waals surface area contributed by atoms with Crippen LogP contribution >= 0.6 is 0 Å². The van der Waals surface area contributed by atoms with Crippen molar-refractivity contribution in [3.05, 3.63) is 29.6 Å². The maximum absolute atomic E-state index is 13.2. The number of aliphatic hydroxyl groups is 1. The maximum Gasteiger partial charge on any atom is 0.165 e. The first-order chi connectivity index (χ1) is 7.09. The molecule has 0 heterocycles. The fraction of sp³-hybridized carbons (Fsp3) is 0.455. The van der Waals surface area contributed by atoms with E-state index < -0.39 is 17.3 Å². The summed E-state index contributed by atoms with van der Waals surface area (Å²) in [6, 6.07) is 4.42. The molecular weight excluding hydrogens is 197 g/mol. The molecular formula is C11H14FNO2. The highest BCUT2D eigenvalue weighted by Gasteiger charge is 2.45. The molecule has 0 saturated heterocycles. The highest BCUT2D eigenvalue weighted by atomic mass is 19.1. The van der Waals surface area contributed by atoms with Crippen LogP contribution in [0, 0.1) is 5.82 Å². The molecule has 1 aliphatic carbocycles. The Hall–Kier alpha value is -1.13. The lowest BCUT2D eigenvalue weighted by Crippen LogP contribution is -2.49. The van der Waals surface area contributed by atoms with Crippen molar-refractivity contribution in [2.24, 2.45) is 5.73 Å². The topological polar surface area (TPSA) is 66.5 Å². The molecule has 0 bridgehead atoms. The summed E-state index contributed by atoms with van der Waals surface area (Å²) < 4.78 is 13.2. The minimum atomic E-state index is -0.637. The molecule has 0 atom stereocenters. The monoisotopic (exact) mass is 211 g/mol. The number of halogens is 1. The maximum atomic E-state index is 13.2. The molecule has 0 unspecified atom stereocenters. The van der Waals surface area contributed by atoms with Crippen LogP contribution in [0.4, 0.5) is 4.39 Å². The second-order valence-electron chi connectivity index (χ2n) is 4.18. The van der Waals surface area contributed by atoms with Crippen molar-refractivity contribution in [2.75, 3.05) is 6.54 Å². The lowest BCUT2D eigenvalue weighted by molar-refractivity contribution is 0.0209. The van der Waals surface area contributed by atoms with Crippen molar-refractivity contribution in [1.82, 2.24) is 0 Å². The van der Waals surface area contributed by atoms with Gasteiger partial charge in [-0.1, -0.05) is 12.1 Å². The van der Waals surface area contributed by atoms with Crippen LogP contribution in [-0.2, 0) is 5.41 Å². The van der Waals surface area contributed by atoms with Crippen LogP contribution in [0.1, 0.15) is 18.4 Å². The zero-order chi connectivity index (χ0) is 11.1. The van der Waals surface area contributed by atoms with Gasteiger partial charge in [0.15, 0.2) is 11.6 Å². The first-order valence-electron chi connectivity index (χ1n) is 4.95. The Bertz CT molecular complexity index is 375. The van der Waals surface area contributed by atoms with Gasteiger partial charge in [0, 0.05) is 17.5 Å². The fourth-order valence-corrected chi connectivity index (χ4v) is 2.28. The highest BCUT2D eigenvalue weighted by Crippen LogP contribution is 2.46. The summed E-state index contributed by atoms with van der Waals surface area (Å²) in [5, 5.41) is 18.9. The van der Waals surface area contributed by atoms with Gasteiger partial charge in [-0.3, -0.25) is 0 Å². The highest BCUT2D eigenvalue weighted by molar-refractivity contribution is 5.42. The van der Waals surface area contributed by atoms with E-state index in [0.717, 1.165) is 0 Å². The third kappa shape index (κ3) is 1.50. The number of nitrogens with two attached hydrogens (primary N) is 1. The minimum absolute atomic E-state index is 0.307. The summed E-state index contributed by atoms with van der Waals surface area (Å²) in [5.41, 5.74) is 5.69. The van der Waals surface area contributed by atoms with Gasteiger partial charge in [-0.25, -0.2) is 4.39 Å². The summed E-state index contributed by atoms with van der Waals surface area (Å²) in [6.07, 6.45) is 0.581. The molecule has 82 valence electrons. The number of para-hydroxylation sites is 1. The predicted molar refractivity (Wildman–Crippen MR) is 54.0 cm³/mol. The molecule has 1 aromatic carbocycles. The van der Waals surface area contributed by atoms with E-state index in [1.807, 2.05) is 0 Å². The Morgan fingerprint density at radius 2 is 2.13 bits per heavy atom. The van der Waals surface area contributed by atoms with Gasteiger partial charge in [-0.05, 0) is 18.9 Å². The van der Waals surface area contributed by atoms with E-state index in [-0.39, 0.29) is 5.75 Å². The van der Waals surface area contributed by atoms with Gasteiger partial charge in [-0.15, -0.1) is 0 Å². The average molecular weight is 211 g/mol. The number of hydrogen-bond donors (Lipinski definition) is 3. The molecule has 0 amide bonds. The Balaban J connectivity index is 2.40. The van der Waals surface area contributed by atoms with E-state index in [1.165, 1.54) is 6.07 Å². The molecule has 1 fully saturated rings. The number of aliphatic hydroxyl groups excluding tert-OH is 1. The van der Waals surface area contributed by atoms with E-state index >= 15 is 0 Å². The van der Waals surface area contributed by atoms with Crippen molar-refractivity contribution in [2.45, 2.75) is 24.4 Å². The number of phenolic OH excluding ortho intramolecular Hbond substituents is 1. The third-order valence-corrected chi connectivity index (χ3v) is 3.20. The number of hydrogen-bond acceptors (Lipinski definition) is 3. The first-order valence-corrected chi connectivity index (χ1v) is 4.95. The molecule has 0 aliphatic heterocycles. The number of phenols is 1. The zero-order valence-corrected chi connectivity index (χ0v) is 8.28. The van der Waals surface area contributed by atoms with Crippen molar-refractivity contribution in [1.29, 1.82) is 0 Å². The second kappa shape index (κ2) is 3.47. The number of benzene rings is 1. The standard InChI is InChI=1S/C11H14FNO2/c12-9-3-1-2-8(10(9)15)11(6-13)4-7(14)5-11/h1-3,7,14-15H,4-6,13H2. The van der Waals surface area contributed by atoms with Gasteiger partial charge in [0.2, 0.25) is 0 Å². The van der Waals surface area contributed by atoms with Crippen molar-refractivity contribution >= 4 is 0 Å². The molecule has 1 aromatic rings. The Morgan fingerprint density at radius 3 is 2.67 bits per heavy atom. The van der Waals surface area contributed by atoms with Crippen LogP contribution < -0.4 is 5.73 Å². The van der Waals surface area contributed by atoms with Crippen LogP contribution in [0.3, 0.4) is 0 Å². The lowest BCUT2D eigenvalue weighted by atomic mass is 9.62. The summed E-state index contributed by atoms with van der Waals surface area (Å²) in [5.74, 6) is -0.975. The molecule has 4 heteroatoms. The van der Waals surface area contributed by atoms with Crippen LogP contribution in [0.5, 0.6) is 5.75 Å². The normalized spacial score (nSPS) is 29.9. The Labute approximate surface area is 87.3 Å². The molecule has 0 spiro atoms. The lowest BCUT2D eigenvalue weighted by Gasteiger charge is -2.45. The van der Waals surface area contributed by atoms with Crippen molar-refractivity contribution in [3.63, 3.8) is 0 Å². The SMILES string of the molecule is NCC1(c2cccc(F)c2O)CC(O)C1. The predicted octanol–water partition coefficient (Wildman–Crippen LogP) is 0.883. The van der Waals surface area contributed by atoms with Crippen molar-refractivity contribution in [3.8, 4) is 5.75 Å². The van der Waals surface area contributed by atoms with Gasteiger partial charge < -0.3 is 15.9 Å². The van der Waals surface area contributed by atoms with E-state index in [4.69, 9.17) is 5.73 Å². The van der Waals surface area contributed by atoms with E-state index in [0.29, 0.717) is 24.9 Å². The third-order valence-electron chi connectivity index (χ3n) is 3.20. The van der Waals surface area contributed by atoms with Crippen LogP contribution in [0.2, 0.25) is 0 Å². The van der Waals surface area contributed by atoms with Gasteiger partial charge in [-0.2, -0.15) is 0 Å². The molecule has 1 saturated carbocycles. The second-order valence-corrected chi connectivity index (χ2v) is 4.18. The molecule has 2 rings (SSSR count). The summed E-state index contributed by atoms with van der Waals surface area (Å²) in [6.45, 7) is 0.307. The minimum Gasteiger partial charge on any atom is -0.505 e. The summed E-state index contributed by atoms with van der Waals surface area (Å²) >= 11 is 0. The largest absolute Gasteiger partial charge is 0.505 e. The fourth-order valence-electron chi connectivity index (χ4n) is 2.28. The van der Waals surface area contributed by atoms with Crippen LogP contribution in [0.25, 0.3) is 0 Å². The Morgan fingerprint density at radius 1 is 1.47 bits per heavy atom. The first kappa shape index (κ1) is 10.4. The van der Waals surface area contributed by atoms with Gasteiger partial charge >= 0.3 is 0 Å². The molecule has 15 heavy (non-hydrogen) atoms. The zero-order valence-electron chi connectivity index (χ0n) is 8.28. The quantitative estimate of drug-likeness (QED) is 0.680. The van der Waals surface area contributed by atoms with Gasteiger partial charge in [0.25, 0.3) is 0 Å². The molecule has 0 aromatic heterocycles. The van der Waals surface area contributed by atoms with Gasteiger partial charge in [0.05, 0.1) is 6.10 Å². The van der Waals surface area contributed by atoms with Crippen molar-refractivity contribution < 1.29 is 14.6 Å². The van der Waals surface area contributed by atoms with Crippen LogP contribution in [0.15, 0.2) is 18.2 Å². The van der Waals surface area contributed by atoms with Crippen LogP contribution in [-0.4, -0.2) is 22.9 Å². The average Bonchev–Trinajstić information content (AvgIpc) is 2.17. The summed E-state index contributed by atoms with van der Waals surface area (Å²) in [7, 11) is 0. The number of aromatic hydroxyl groups is 1.